The first kappa shape index (κ1) is 22.4. The molecule has 176 valence electrons. The molecular weight excluding hydrogens is 454 g/mol. The largest absolute Gasteiger partial charge is 0.454 e. The second-order valence-corrected chi connectivity index (χ2v) is 11.0. The summed E-state index contributed by atoms with van der Waals surface area (Å²) in [5.41, 5.74) is 2.96. The normalized spacial score (nSPS) is 15.9. The SMILES string of the molecule is Cc1cc(NC(=O)C2(c3ccc4c(c3)OCO4)CC2)ncc1-c1ccc(S(=O)(=O)N(C)C)cc1. The average Bonchev–Trinajstić information content (AvgIpc) is 3.50. The summed E-state index contributed by atoms with van der Waals surface area (Å²) in [5.74, 6) is 1.74. The van der Waals surface area contributed by atoms with Crippen molar-refractivity contribution in [1.29, 1.82) is 0 Å². The third-order valence-corrected chi connectivity index (χ3v) is 8.24. The molecule has 1 aliphatic carbocycles. The van der Waals surface area contributed by atoms with Crippen LogP contribution < -0.4 is 14.8 Å². The summed E-state index contributed by atoms with van der Waals surface area (Å²) in [6.07, 6.45) is 3.22. The quantitative estimate of drug-likeness (QED) is 0.579. The lowest BCUT2D eigenvalue weighted by atomic mass is 9.94. The number of amides is 1. The molecule has 8 nitrogen and oxygen atoms in total. The number of rotatable bonds is 6. The van der Waals surface area contributed by atoms with Crippen LogP contribution >= 0.6 is 0 Å². The number of fused-ring (bicyclic) bond motifs is 1. The predicted molar refractivity (Wildman–Crippen MR) is 127 cm³/mol. The van der Waals surface area contributed by atoms with Crippen molar-refractivity contribution in [3.63, 3.8) is 0 Å². The maximum Gasteiger partial charge on any atom is 0.242 e. The Balaban J connectivity index is 1.34. The third-order valence-electron chi connectivity index (χ3n) is 6.41. The lowest BCUT2D eigenvalue weighted by Gasteiger charge is -2.17. The molecule has 0 radical (unpaired) electrons. The predicted octanol–water partition coefficient (Wildman–Crippen LogP) is 3.71. The van der Waals surface area contributed by atoms with Gasteiger partial charge in [-0.1, -0.05) is 18.2 Å². The van der Waals surface area contributed by atoms with Gasteiger partial charge in [-0.15, -0.1) is 0 Å². The third kappa shape index (κ3) is 3.80. The van der Waals surface area contributed by atoms with Crippen molar-refractivity contribution >= 4 is 21.7 Å². The first-order valence-electron chi connectivity index (χ1n) is 10.9. The summed E-state index contributed by atoms with van der Waals surface area (Å²) in [4.78, 5) is 17.8. The number of carbonyl (C=O) groups excluding carboxylic acids is 1. The number of pyridine rings is 1. The molecule has 2 heterocycles. The van der Waals surface area contributed by atoms with Crippen LogP contribution in [0.5, 0.6) is 11.5 Å². The Morgan fingerprint density at radius 1 is 1.03 bits per heavy atom. The minimum Gasteiger partial charge on any atom is -0.454 e. The van der Waals surface area contributed by atoms with Gasteiger partial charge in [0.05, 0.1) is 10.3 Å². The van der Waals surface area contributed by atoms with Gasteiger partial charge in [-0.3, -0.25) is 4.79 Å². The number of carbonyl (C=O) groups is 1. The molecule has 34 heavy (non-hydrogen) atoms. The zero-order chi connectivity index (χ0) is 24.1. The highest BCUT2D eigenvalue weighted by Crippen LogP contribution is 2.51. The van der Waals surface area contributed by atoms with Crippen molar-refractivity contribution in [2.75, 3.05) is 26.2 Å². The second kappa shape index (κ2) is 8.11. The molecule has 1 aliphatic heterocycles. The van der Waals surface area contributed by atoms with Gasteiger partial charge in [0.1, 0.15) is 5.82 Å². The van der Waals surface area contributed by atoms with Crippen LogP contribution in [0.15, 0.2) is 59.6 Å². The van der Waals surface area contributed by atoms with E-state index >= 15 is 0 Å². The number of nitrogens with one attached hydrogen (secondary N) is 1. The number of aryl methyl sites for hydroxylation is 1. The molecule has 9 heteroatoms. The molecule has 1 amide bonds. The number of sulfonamides is 1. The highest BCUT2D eigenvalue weighted by atomic mass is 32.2. The molecule has 0 bridgehead atoms. The molecule has 2 aliphatic rings. The van der Waals surface area contributed by atoms with E-state index in [1.165, 1.54) is 18.4 Å². The van der Waals surface area contributed by atoms with Gasteiger partial charge in [0.2, 0.25) is 22.7 Å². The van der Waals surface area contributed by atoms with E-state index < -0.39 is 15.4 Å². The van der Waals surface area contributed by atoms with Crippen LogP contribution in [0.4, 0.5) is 5.82 Å². The van der Waals surface area contributed by atoms with Gasteiger partial charge in [0, 0.05) is 25.9 Å². The zero-order valence-electron chi connectivity index (χ0n) is 19.2. The Labute approximate surface area is 198 Å². The summed E-state index contributed by atoms with van der Waals surface area (Å²) in [5, 5.41) is 2.96. The van der Waals surface area contributed by atoms with Gasteiger partial charge in [-0.2, -0.15) is 0 Å². The molecule has 2 aromatic carbocycles. The van der Waals surface area contributed by atoms with Crippen LogP contribution in [0.2, 0.25) is 0 Å². The molecular formula is C25H25N3O5S. The lowest BCUT2D eigenvalue weighted by molar-refractivity contribution is -0.118. The average molecular weight is 480 g/mol. The first-order valence-corrected chi connectivity index (χ1v) is 12.4. The van der Waals surface area contributed by atoms with Crippen LogP contribution in [0.3, 0.4) is 0 Å². The number of aromatic nitrogens is 1. The van der Waals surface area contributed by atoms with Gasteiger partial charge in [0.15, 0.2) is 11.5 Å². The smallest absolute Gasteiger partial charge is 0.242 e. The molecule has 5 rings (SSSR count). The Morgan fingerprint density at radius 2 is 1.74 bits per heavy atom. The highest BCUT2D eigenvalue weighted by molar-refractivity contribution is 7.89. The number of anilines is 1. The van der Waals surface area contributed by atoms with Crippen molar-refractivity contribution in [2.24, 2.45) is 0 Å². The summed E-state index contributed by atoms with van der Waals surface area (Å²) < 4.78 is 36.6. The van der Waals surface area contributed by atoms with Crippen LogP contribution in [0.1, 0.15) is 24.0 Å². The summed E-state index contributed by atoms with van der Waals surface area (Å²) in [6.45, 7) is 2.13. The van der Waals surface area contributed by atoms with E-state index in [0.717, 1.165) is 35.1 Å². The van der Waals surface area contributed by atoms with Crippen molar-refractivity contribution in [2.45, 2.75) is 30.1 Å². The fourth-order valence-electron chi connectivity index (χ4n) is 4.15. The monoisotopic (exact) mass is 479 g/mol. The number of benzene rings is 2. The second-order valence-electron chi connectivity index (χ2n) is 8.80. The van der Waals surface area contributed by atoms with E-state index in [0.29, 0.717) is 17.3 Å². The summed E-state index contributed by atoms with van der Waals surface area (Å²) in [7, 11) is -0.480. The number of ether oxygens (including phenoxy) is 2. The first-order chi connectivity index (χ1) is 16.2. The fraction of sp³-hybridized carbons (Fsp3) is 0.280. The molecule has 1 saturated carbocycles. The van der Waals surface area contributed by atoms with Crippen molar-refractivity contribution in [1.82, 2.24) is 9.29 Å². The van der Waals surface area contributed by atoms with Crippen LogP contribution in [-0.2, 0) is 20.2 Å². The van der Waals surface area contributed by atoms with Gasteiger partial charge in [-0.25, -0.2) is 17.7 Å². The van der Waals surface area contributed by atoms with Gasteiger partial charge < -0.3 is 14.8 Å². The topological polar surface area (TPSA) is 97.8 Å². The maximum atomic E-state index is 13.2. The summed E-state index contributed by atoms with van der Waals surface area (Å²) in [6, 6.07) is 14.2. The van der Waals surface area contributed by atoms with E-state index in [-0.39, 0.29) is 17.6 Å². The lowest BCUT2D eigenvalue weighted by Crippen LogP contribution is -2.28. The molecule has 0 spiro atoms. The molecule has 1 N–H and O–H groups in total. The molecule has 1 fully saturated rings. The van der Waals surface area contributed by atoms with E-state index in [9.17, 15) is 13.2 Å². The summed E-state index contributed by atoms with van der Waals surface area (Å²) >= 11 is 0. The van der Waals surface area contributed by atoms with Crippen molar-refractivity contribution in [3.8, 4) is 22.6 Å². The molecule has 1 aromatic heterocycles. The van der Waals surface area contributed by atoms with Crippen LogP contribution in [0, 0.1) is 6.92 Å². The van der Waals surface area contributed by atoms with Gasteiger partial charge in [0.25, 0.3) is 0 Å². The Morgan fingerprint density at radius 3 is 2.38 bits per heavy atom. The van der Waals surface area contributed by atoms with Crippen molar-refractivity contribution in [3.05, 3.63) is 65.9 Å². The fourth-order valence-corrected chi connectivity index (χ4v) is 5.05. The molecule has 0 saturated heterocycles. The van der Waals surface area contributed by atoms with E-state index in [1.807, 2.05) is 31.2 Å². The van der Waals surface area contributed by atoms with Crippen LogP contribution in [-0.4, -0.2) is 44.5 Å². The zero-order valence-corrected chi connectivity index (χ0v) is 20.0. The van der Waals surface area contributed by atoms with E-state index in [4.69, 9.17) is 9.47 Å². The van der Waals surface area contributed by atoms with Gasteiger partial charge >= 0.3 is 0 Å². The standard InChI is InChI=1S/C25H25N3O5S/c1-16-12-23(26-14-20(16)17-4-7-19(8-5-17)34(30,31)28(2)3)27-24(29)25(10-11-25)18-6-9-21-22(13-18)33-15-32-21/h4-9,12-14H,10-11,15H2,1-3H3,(H,26,27,29). The molecule has 0 unspecified atom stereocenters. The number of hydrogen-bond acceptors (Lipinski definition) is 6. The Bertz CT molecular complexity index is 1380. The Kier molecular flexibility index (Phi) is 5.33. The number of nitrogens with zero attached hydrogens (tertiary/aromatic N) is 2. The van der Waals surface area contributed by atoms with E-state index in [1.54, 1.807) is 30.5 Å². The van der Waals surface area contributed by atoms with Gasteiger partial charge in [-0.05, 0) is 66.8 Å². The van der Waals surface area contributed by atoms with Crippen molar-refractivity contribution < 1.29 is 22.7 Å². The molecule has 0 atom stereocenters. The molecule has 3 aromatic rings. The van der Waals surface area contributed by atoms with E-state index in [2.05, 4.69) is 10.3 Å². The maximum absolute atomic E-state index is 13.2. The van der Waals surface area contributed by atoms with Crippen LogP contribution in [0.25, 0.3) is 11.1 Å². The highest BCUT2D eigenvalue weighted by Gasteiger charge is 2.51. The Hall–Kier alpha value is -3.43. The minimum atomic E-state index is -3.49. The minimum absolute atomic E-state index is 0.0933. The number of hydrogen-bond donors (Lipinski definition) is 1.